The Morgan fingerprint density at radius 3 is 2.52 bits per heavy atom. The first kappa shape index (κ1) is 31.4. The van der Waals surface area contributed by atoms with Gasteiger partial charge in [0.1, 0.15) is 11.8 Å². The lowest BCUT2D eigenvalue weighted by Crippen LogP contribution is -2.35. The molecule has 2 aromatic carbocycles. The van der Waals surface area contributed by atoms with Gasteiger partial charge in [-0.25, -0.2) is 4.68 Å². The van der Waals surface area contributed by atoms with Crippen LogP contribution in [0.4, 0.5) is 24.5 Å². The van der Waals surface area contributed by atoms with Gasteiger partial charge in [-0.05, 0) is 54.0 Å². The summed E-state index contributed by atoms with van der Waals surface area (Å²) in [5.74, 6) is 0. The molecule has 3 aromatic heterocycles. The monoisotopic (exact) mass is 647 g/mol. The van der Waals surface area contributed by atoms with Gasteiger partial charge in [-0.15, -0.1) is 5.10 Å². The average molecular weight is 648 g/mol. The molecule has 1 aliphatic rings. The molecule has 0 amide bonds. The topological polar surface area (TPSA) is 109 Å². The number of aryl methyl sites for hydroxylation is 1. The van der Waals surface area contributed by atoms with Crippen LogP contribution < -0.4 is 10.6 Å². The van der Waals surface area contributed by atoms with E-state index in [9.17, 15) is 18.4 Å². The molecule has 5 aromatic rings. The highest BCUT2D eigenvalue weighted by atomic mass is 35.5. The number of fused-ring (bicyclic) bond motifs is 1. The molecule has 2 N–H and O–H groups in total. The molecule has 0 radical (unpaired) electrons. The molecule has 0 bridgehead atoms. The molecule has 0 saturated heterocycles. The minimum absolute atomic E-state index is 0.0498. The predicted molar refractivity (Wildman–Crippen MR) is 172 cm³/mol. The number of rotatable bonds is 8. The number of halogens is 4. The molecule has 6 rings (SSSR count). The Hall–Kier alpha value is -4.63. The van der Waals surface area contributed by atoms with E-state index < -0.39 is 17.8 Å². The number of nitrogens with one attached hydrogen (secondary N) is 2. The maximum atomic E-state index is 14.0. The van der Waals surface area contributed by atoms with Crippen LogP contribution in [-0.2, 0) is 12.6 Å². The van der Waals surface area contributed by atoms with E-state index in [1.54, 1.807) is 16.9 Å². The Labute approximate surface area is 269 Å². The molecule has 0 aliphatic heterocycles. The fraction of sp³-hybridized carbons (Fsp3) is 0.364. The summed E-state index contributed by atoms with van der Waals surface area (Å²) in [5, 5.41) is 30.3. The van der Waals surface area contributed by atoms with Crippen molar-refractivity contribution in [3.8, 4) is 17.2 Å². The van der Waals surface area contributed by atoms with Crippen LogP contribution in [0.5, 0.6) is 0 Å². The van der Waals surface area contributed by atoms with Crippen molar-refractivity contribution in [1.29, 1.82) is 5.26 Å². The molecular weight excluding hydrogens is 615 g/mol. The van der Waals surface area contributed by atoms with Crippen LogP contribution in [0.25, 0.3) is 22.0 Å². The molecule has 1 atom stereocenters. The van der Waals surface area contributed by atoms with Gasteiger partial charge in [0.2, 0.25) is 0 Å². The van der Waals surface area contributed by atoms with Crippen molar-refractivity contribution in [2.75, 3.05) is 17.2 Å². The highest BCUT2D eigenvalue weighted by molar-refractivity contribution is 6.35. The SMILES string of the molecule is Cc1c(-c2cnn(C)c2)cccc1C(Nc1cc(Cl)c2ncc(C#N)c(NCC(C)(C)C)c2c1)c1cn(C2(C(F)(F)F)CC2)nn1. The third kappa shape index (κ3) is 5.75. The van der Waals surface area contributed by atoms with Gasteiger partial charge in [0.25, 0.3) is 0 Å². The van der Waals surface area contributed by atoms with Crippen molar-refractivity contribution < 1.29 is 13.2 Å². The van der Waals surface area contributed by atoms with E-state index in [1.165, 1.54) is 12.4 Å². The van der Waals surface area contributed by atoms with Crippen molar-refractivity contribution in [1.82, 2.24) is 29.8 Å². The van der Waals surface area contributed by atoms with Crippen molar-refractivity contribution in [2.24, 2.45) is 12.5 Å². The lowest BCUT2D eigenvalue weighted by molar-refractivity contribution is -0.182. The van der Waals surface area contributed by atoms with Crippen LogP contribution in [0, 0.1) is 23.7 Å². The van der Waals surface area contributed by atoms with Crippen LogP contribution in [0.15, 0.2) is 55.1 Å². The van der Waals surface area contributed by atoms with Gasteiger partial charge in [0, 0.05) is 42.6 Å². The Kier molecular flexibility index (Phi) is 7.71. The van der Waals surface area contributed by atoms with E-state index in [2.05, 4.69) is 57.9 Å². The van der Waals surface area contributed by atoms with Gasteiger partial charge >= 0.3 is 6.18 Å². The summed E-state index contributed by atoms with van der Waals surface area (Å²) in [4.78, 5) is 4.45. The standard InChI is InChI=1S/C33H33ClF3N9/c1-19-23(21-15-41-45(5)16-21)7-6-8-24(19)30(27-17-46(44-43-27)32(9-10-32)33(35,36)37)42-22-11-25-28(40-18-31(2,3)4)20(13-38)14-39-29(25)26(34)12-22/h6-8,11-12,14-17,30,42H,9-10,18H2,1-5H3,(H,39,40). The summed E-state index contributed by atoms with van der Waals surface area (Å²) in [7, 11) is 1.83. The molecule has 1 saturated carbocycles. The molecule has 1 fully saturated rings. The van der Waals surface area contributed by atoms with E-state index in [1.807, 2.05) is 44.4 Å². The molecule has 46 heavy (non-hydrogen) atoms. The van der Waals surface area contributed by atoms with Gasteiger partial charge in [-0.2, -0.15) is 23.5 Å². The first-order valence-corrected chi connectivity index (χ1v) is 15.2. The molecule has 1 aliphatic carbocycles. The summed E-state index contributed by atoms with van der Waals surface area (Å²) in [6.07, 6.45) is 1.99. The van der Waals surface area contributed by atoms with E-state index in [0.29, 0.717) is 45.1 Å². The molecule has 0 spiro atoms. The zero-order chi connectivity index (χ0) is 33.0. The summed E-state index contributed by atoms with van der Waals surface area (Å²) >= 11 is 6.78. The lowest BCUT2D eigenvalue weighted by atomic mass is 9.92. The van der Waals surface area contributed by atoms with E-state index in [-0.39, 0.29) is 18.3 Å². The first-order valence-electron chi connectivity index (χ1n) is 14.8. The molecule has 238 valence electrons. The van der Waals surface area contributed by atoms with Crippen LogP contribution >= 0.6 is 11.6 Å². The summed E-state index contributed by atoms with van der Waals surface area (Å²) < 4.78 is 44.8. The van der Waals surface area contributed by atoms with Crippen LogP contribution in [0.1, 0.15) is 62.0 Å². The number of anilines is 2. The Bertz CT molecular complexity index is 1980. The fourth-order valence-corrected chi connectivity index (χ4v) is 5.94. The summed E-state index contributed by atoms with van der Waals surface area (Å²) in [6, 6.07) is 10.8. The van der Waals surface area contributed by atoms with Crippen molar-refractivity contribution in [3.63, 3.8) is 0 Å². The maximum absolute atomic E-state index is 14.0. The summed E-state index contributed by atoms with van der Waals surface area (Å²) in [5.41, 5.74) is 3.74. The Balaban J connectivity index is 1.48. The number of alkyl halides is 3. The van der Waals surface area contributed by atoms with Gasteiger partial charge in [0.05, 0.1) is 40.2 Å². The van der Waals surface area contributed by atoms with E-state index in [0.717, 1.165) is 26.9 Å². The van der Waals surface area contributed by atoms with Gasteiger partial charge in [-0.3, -0.25) is 9.67 Å². The number of hydrogen-bond donors (Lipinski definition) is 2. The summed E-state index contributed by atoms with van der Waals surface area (Å²) in [6.45, 7) is 8.79. The van der Waals surface area contributed by atoms with Crippen molar-refractivity contribution >= 4 is 33.9 Å². The number of nitriles is 1. The normalized spacial score (nSPS) is 15.0. The fourth-order valence-electron chi connectivity index (χ4n) is 5.67. The number of pyridine rings is 1. The third-order valence-electron chi connectivity index (χ3n) is 8.35. The largest absolute Gasteiger partial charge is 0.413 e. The van der Waals surface area contributed by atoms with Crippen molar-refractivity contribution in [2.45, 2.75) is 58.3 Å². The maximum Gasteiger partial charge on any atom is 0.413 e. The number of nitrogens with zero attached hydrogens (tertiary/aromatic N) is 7. The Morgan fingerprint density at radius 2 is 1.89 bits per heavy atom. The Morgan fingerprint density at radius 1 is 1.13 bits per heavy atom. The van der Waals surface area contributed by atoms with Crippen LogP contribution in [0.2, 0.25) is 5.02 Å². The molecule has 9 nitrogen and oxygen atoms in total. The van der Waals surface area contributed by atoms with E-state index >= 15 is 0 Å². The second kappa shape index (κ2) is 11.3. The second-order valence-corrected chi connectivity index (χ2v) is 13.5. The van der Waals surface area contributed by atoms with Gasteiger partial charge in [0.15, 0.2) is 5.54 Å². The van der Waals surface area contributed by atoms with Gasteiger partial charge in [-0.1, -0.05) is 55.8 Å². The first-order chi connectivity index (χ1) is 21.7. The second-order valence-electron chi connectivity index (χ2n) is 13.0. The third-order valence-corrected chi connectivity index (χ3v) is 8.64. The predicted octanol–water partition coefficient (Wildman–Crippen LogP) is 7.77. The zero-order valence-corrected chi connectivity index (χ0v) is 26.8. The molecule has 3 heterocycles. The number of aromatic nitrogens is 6. The highest BCUT2D eigenvalue weighted by Gasteiger charge is 2.66. The smallest absolute Gasteiger partial charge is 0.383 e. The quantitative estimate of drug-likeness (QED) is 0.177. The minimum Gasteiger partial charge on any atom is -0.383 e. The van der Waals surface area contributed by atoms with Crippen LogP contribution in [-0.4, -0.2) is 42.5 Å². The molecule has 1 unspecified atom stereocenters. The van der Waals surface area contributed by atoms with Gasteiger partial charge < -0.3 is 10.6 Å². The highest BCUT2D eigenvalue weighted by Crippen LogP contribution is 2.55. The van der Waals surface area contributed by atoms with E-state index in [4.69, 9.17) is 11.6 Å². The zero-order valence-electron chi connectivity index (χ0n) is 26.0. The average Bonchev–Trinajstić information content (AvgIpc) is 3.48. The van der Waals surface area contributed by atoms with Crippen molar-refractivity contribution in [3.05, 3.63) is 82.5 Å². The molecular formula is C33H33ClF3N9. The lowest BCUT2D eigenvalue weighted by Gasteiger charge is -2.24. The molecule has 13 heteroatoms. The number of benzene rings is 2. The number of hydrogen-bond acceptors (Lipinski definition) is 7. The minimum atomic E-state index is -4.45. The van der Waals surface area contributed by atoms with Crippen LogP contribution in [0.3, 0.4) is 0 Å².